The zero-order valence-electron chi connectivity index (χ0n) is 16.6. The highest BCUT2D eigenvalue weighted by molar-refractivity contribution is 6.07. The van der Waals surface area contributed by atoms with Crippen molar-refractivity contribution in [2.75, 3.05) is 5.73 Å². The molecule has 0 saturated heterocycles. The van der Waals surface area contributed by atoms with E-state index in [4.69, 9.17) is 10.5 Å². The van der Waals surface area contributed by atoms with Crippen molar-refractivity contribution >= 4 is 27.6 Å². The van der Waals surface area contributed by atoms with Crippen molar-refractivity contribution in [1.82, 2.24) is 19.3 Å². The normalized spacial score (nSPS) is 11.3. The lowest BCUT2D eigenvalue weighted by atomic mass is 10.2. The number of fused-ring (bicyclic) bond motifs is 3. The molecule has 154 valence electrons. The Kier molecular flexibility index (Phi) is 4.39. The van der Waals surface area contributed by atoms with E-state index in [2.05, 4.69) is 10.1 Å². The van der Waals surface area contributed by atoms with Crippen LogP contribution in [-0.2, 0) is 13.6 Å². The van der Waals surface area contributed by atoms with Crippen LogP contribution in [0.2, 0.25) is 0 Å². The molecule has 0 aliphatic heterocycles. The van der Waals surface area contributed by atoms with Crippen LogP contribution in [0.5, 0.6) is 11.6 Å². The van der Waals surface area contributed by atoms with Crippen molar-refractivity contribution in [3.05, 3.63) is 88.6 Å². The van der Waals surface area contributed by atoms with E-state index in [0.29, 0.717) is 28.5 Å². The van der Waals surface area contributed by atoms with Crippen molar-refractivity contribution in [2.45, 2.75) is 6.54 Å². The molecule has 2 N–H and O–H groups in total. The maximum atomic E-state index is 14.0. The van der Waals surface area contributed by atoms with Crippen LogP contribution in [0.15, 0.2) is 71.7 Å². The Morgan fingerprint density at radius 2 is 1.90 bits per heavy atom. The lowest BCUT2D eigenvalue weighted by molar-refractivity contribution is 0.464. The summed E-state index contributed by atoms with van der Waals surface area (Å²) in [5.74, 6) is 0.943. The van der Waals surface area contributed by atoms with Crippen molar-refractivity contribution in [1.29, 1.82) is 0 Å². The summed E-state index contributed by atoms with van der Waals surface area (Å²) in [6.07, 6.45) is 1.64. The summed E-state index contributed by atoms with van der Waals surface area (Å²) in [7, 11) is 1.81. The molecule has 5 rings (SSSR count). The SMILES string of the molecule is Cn1c2cc(Oc3cccc(N)n3)ccc2c2cnn(Cc3ccccc3F)c(=O)c21. The molecule has 5 aromatic rings. The summed E-state index contributed by atoms with van der Waals surface area (Å²) in [6.45, 7) is 0.0540. The summed E-state index contributed by atoms with van der Waals surface area (Å²) in [6, 6.07) is 17.0. The first-order valence-electron chi connectivity index (χ1n) is 9.63. The van der Waals surface area contributed by atoms with Crippen molar-refractivity contribution in [2.24, 2.45) is 7.05 Å². The van der Waals surface area contributed by atoms with Crippen molar-refractivity contribution in [3.63, 3.8) is 0 Å². The lowest BCUT2D eigenvalue weighted by Crippen LogP contribution is -2.24. The number of nitrogens with zero attached hydrogens (tertiary/aromatic N) is 4. The quantitative estimate of drug-likeness (QED) is 0.482. The third-order valence-corrected chi connectivity index (χ3v) is 5.22. The Labute approximate surface area is 176 Å². The predicted octanol–water partition coefficient (Wildman–Crippen LogP) is 3.85. The number of nitrogens with two attached hydrogens (primary N) is 1. The first-order chi connectivity index (χ1) is 15.0. The number of pyridine rings is 1. The topological polar surface area (TPSA) is 88.0 Å². The molecule has 31 heavy (non-hydrogen) atoms. The van der Waals surface area contributed by atoms with Gasteiger partial charge in [-0.1, -0.05) is 24.3 Å². The highest BCUT2D eigenvalue weighted by atomic mass is 19.1. The Bertz CT molecular complexity index is 1510. The number of hydrogen-bond donors (Lipinski definition) is 1. The van der Waals surface area contributed by atoms with Gasteiger partial charge >= 0.3 is 0 Å². The monoisotopic (exact) mass is 415 g/mol. The molecule has 0 aliphatic rings. The molecule has 7 nitrogen and oxygen atoms in total. The number of halogens is 1. The largest absolute Gasteiger partial charge is 0.439 e. The van der Waals surface area contributed by atoms with Gasteiger partial charge in [-0.15, -0.1) is 0 Å². The van der Waals surface area contributed by atoms with Gasteiger partial charge in [0, 0.05) is 35.5 Å². The van der Waals surface area contributed by atoms with E-state index < -0.39 is 0 Å². The fourth-order valence-electron chi connectivity index (χ4n) is 3.71. The van der Waals surface area contributed by atoms with Gasteiger partial charge in [0.2, 0.25) is 5.88 Å². The molecule has 0 amide bonds. The summed E-state index contributed by atoms with van der Waals surface area (Å²) in [5, 5.41) is 5.87. The summed E-state index contributed by atoms with van der Waals surface area (Å²) < 4.78 is 22.9. The van der Waals surface area contributed by atoms with E-state index in [1.165, 1.54) is 10.7 Å². The molecule has 0 unspecified atom stereocenters. The molecule has 0 fully saturated rings. The third kappa shape index (κ3) is 3.28. The minimum Gasteiger partial charge on any atom is -0.439 e. The Balaban J connectivity index is 1.59. The maximum absolute atomic E-state index is 14.0. The van der Waals surface area contributed by atoms with Crippen molar-refractivity contribution < 1.29 is 9.13 Å². The number of ether oxygens (including phenoxy) is 1. The lowest BCUT2D eigenvalue weighted by Gasteiger charge is -2.06. The van der Waals surface area contributed by atoms with Crippen LogP contribution in [-0.4, -0.2) is 19.3 Å². The second-order valence-corrected chi connectivity index (χ2v) is 7.20. The first-order valence-corrected chi connectivity index (χ1v) is 9.63. The molecule has 0 radical (unpaired) electrons. The second kappa shape index (κ2) is 7.24. The van der Waals surface area contributed by atoms with E-state index in [1.807, 2.05) is 19.2 Å². The van der Waals surface area contributed by atoms with Crippen LogP contribution in [0, 0.1) is 5.82 Å². The minimum atomic E-state index is -0.370. The van der Waals surface area contributed by atoms with Gasteiger partial charge in [0.05, 0.1) is 18.3 Å². The number of rotatable bonds is 4. The van der Waals surface area contributed by atoms with E-state index in [1.54, 1.807) is 53.2 Å². The predicted molar refractivity (Wildman–Crippen MR) is 117 cm³/mol. The molecule has 0 spiro atoms. The molecule has 3 aromatic heterocycles. The van der Waals surface area contributed by atoms with E-state index >= 15 is 0 Å². The van der Waals surface area contributed by atoms with Gasteiger partial charge in [-0.3, -0.25) is 4.79 Å². The van der Waals surface area contributed by atoms with E-state index in [-0.39, 0.29) is 17.9 Å². The number of nitrogen functional groups attached to an aromatic ring is 1. The zero-order valence-corrected chi connectivity index (χ0v) is 16.6. The molecule has 2 aromatic carbocycles. The maximum Gasteiger partial charge on any atom is 0.291 e. The highest BCUT2D eigenvalue weighted by Gasteiger charge is 2.16. The Morgan fingerprint density at radius 3 is 2.71 bits per heavy atom. The highest BCUT2D eigenvalue weighted by Crippen LogP contribution is 2.30. The fourth-order valence-corrected chi connectivity index (χ4v) is 3.71. The van der Waals surface area contributed by atoms with Crippen molar-refractivity contribution in [3.8, 4) is 11.6 Å². The summed E-state index contributed by atoms with van der Waals surface area (Å²) in [4.78, 5) is 17.3. The Morgan fingerprint density at radius 1 is 1.06 bits per heavy atom. The molecule has 3 heterocycles. The molecular formula is C23H18FN5O2. The molecule has 0 aliphatic carbocycles. The molecular weight excluding hydrogens is 397 g/mol. The summed E-state index contributed by atoms with van der Waals surface area (Å²) >= 11 is 0. The number of benzene rings is 2. The third-order valence-electron chi connectivity index (χ3n) is 5.22. The van der Waals surface area contributed by atoms with Gasteiger partial charge in [-0.05, 0) is 24.3 Å². The molecule has 0 saturated carbocycles. The van der Waals surface area contributed by atoms with Gasteiger partial charge < -0.3 is 15.0 Å². The van der Waals surface area contributed by atoms with Crippen LogP contribution in [0.1, 0.15) is 5.56 Å². The molecule has 0 atom stereocenters. The van der Waals surface area contributed by atoms with E-state index in [9.17, 15) is 9.18 Å². The zero-order chi connectivity index (χ0) is 21.5. The number of anilines is 1. The molecule has 0 bridgehead atoms. The van der Waals surface area contributed by atoms with Crippen LogP contribution >= 0.6 is 0 Å². The van der Waals surface area contributed by atoms with Gasteiger partial charge in [-0.2, -0.15) is 10.1 Å². The Hall–Kier alpha value is -4.20. The number of aryl methyl sites for hydroxylation is 1. The average Bonchev–Trinajstić information content (AvgIpc) is 3.04. The summed E-state index contributed by atoms with van der Waals surface area (Å²) in [5.41, 5.74) is 7.11. The van der Waals surface area contributed by atoms with Gasteiger partial charge in [0.25, 0.3) is 5.56 Å². The standard InChI is InChI=1S/C23H18FN5O2/c1-28-19-11-15(31-21-8-4-7-20(25)27-21)9-10-16(19)17-12-26-29(23(30)22(17)28)13-14-5-2-3-6-18(14)24/h2-12H,13H2,1H3,(H2,25,27). The number of aromatic nitrogens is 4. The fraction of sp³-hybridized carbons (Fsp3) is 0.0870. The average molecular weight is 415 g/mol. The van der Waals surface area contributed by atoms with Crippen LogP contribution in [0.3, 0.4) is 0 Å². The number of hydrogen-bond acceptors (Lipinski definition) is 5. The second-order valence-electron chi connectivity index (χ2n) is 7.20. The first kappa shape index (κ1) is 18.8. The molecule has 8 heteroatoms. The van der Waals surface area contributed by atoms with Crippen LogP contribution in [0.4, 0.5) is 10.2 Å². The smallest absolute Gasteiger partial charge is 0.291 e. The van der Waals surface area contributed by atoms with Crippen LogP contribution in [0.25, 0.3) is 21.8 Å². The van der Waals surface area contributed by atoms with Gasteiger partial charge in [0.15, 0.2) is 0 Å². The minimum absolute atomic E-state index is 0.0540. The van der Waals surface area contributed by atoms with E-state index in [0.717, 1.165) is 16.3 Å². The van der Waals surface area contributed by atoms with Gasteiger partial charge in [-0.25, -0.2) is 9.07 Å². The van der Waals surface area contributed by atoms with Crippen LogP contribution < -0.4 is 16.0 Å². The van der Waals surface area contributed by atoms with Gasteiger partial charge in [0.1, 0.15) is 22.9 Å².